The highest BCUT2D eigenvalue weighted by Crippen LogP contribution is 2.57. The molecule has 31 heavy (non-hydrogen) atoms. The summed E-state index contributed by atoms with van der Waals surface area (Å²) < 4.78 is 0. The molecule has 2 aliphatic carbocycles. The van der Waals surface area contributed by atoms with Gasteiger partial charge in [-0.3, -0.25) is 0 Å². The molecule has 0 unspecified atom stereocenters. The third-order valence-corrected chi connectivity index (χ3v) is 6.84. The summed E-state index contributed by atoms with van der Waals surface area (Å²) in [5, 5.41) is 0. The van der Waals surface area contributed by atoms with E-state index in [0.717, 1.165) is 12.8 Å². The van der Waals surface area contributed by atoms with E-state index in [0.29, 0.717) is 0 Å². The topological polar surface area (TPSA) is 0 Å². The van der Waals surface area contributed by atoms with Gasteiger partial charge in [0.2, 0.25) is 0 Å². The maximum atomic E-state index is 2.44. The van der Waals surface area contributed by atoms with Crippen LogP contribution in [-0.2, 0) is 5.41 Å². The minimum absolute atomic E-state index is 0.283. The molecule has 0 radical (unpaired) electrons. The minimum atomic E-state index is -0.283. The van der Waals surface area contributed by atoms with Crippen LogP contribution in [0.2, 0.25) is 0 Å². The first-order valence-electron chi connectivity index (χ1n) is 11.1. The Morgan fingerprint density at radius 1 is 0.581 bits per heavy atom. The van der Waals surface area contributed by atoms with Crippen LogP contribution in [0.25, 0.3) is 16.7 Å². The molecule has 0 bridgehead atoms. The van der Waals surface area contributed by atoms with Crippen molar-refractivity contribution < 1.29 is 0 Å². The summed E-state index contributed by atoms with van der Waals surface area (Å²) in [7, 11) is 0. The molecule has 0 N–H and O–H groups in total. The van der Waals surface area contributed by atoms with Gasteiger partial charge < -0.3 is 0 Å². The van der Waals surface area contributed by atoms with Gasteiger partial charge in [0.05, 0.1) is 5.41 Å². The summed E-state index contributed by atoms with van der Waals surface area (Å²) in [5.74, 6) is 0. The van der Waals surface area contributed by atoms with Crippen LogP contribution in [0.1, 0.15) is 35.1 Å². The highest BCUT2D eigenvalue weighted by molar-refractivity contribution is 5.89. The van der Waals surface area contributed by atoms with Crippen molar-refractivity contribution in [2.24, 2.45) is 0 Å². The van der Waals surface area contributed by atoms with E-state index in [1.54, 1.807) is 0 Å². The van der Waals surface area contributed by atoms with E-state index in [4.69, 9.17) is 0 Å². The zero-order chi connectivity index (χ0) is 20.7. The summed E-state index contributed by atoms with van der Waals surface area (Å²) >= 11 is 0. The first-order valence-corrected chi connectivity index (χ1v) is 11.1. The highest BCUT2D eigenvalue weighted by Gasteiger charge is 2.47. The van der Waals surface area contributed by atoms with Gasteiger partial charge >= 0.3 is 0 Å². The smallest absolute Gasteiger partial charge is 0.0710 e. The van der Waals surface area contributed by atoms with E-state index in [1.807, 2.05) is 0 Å². The van der Waals surface area contributed by atoms with Crippen molar-refractivity contribution in [2.75, 3.05) is 0 Å². The molecule has 6 rings (SSSR count). The molecule has 0 spiro atoms. The first kappa shape index (κ1) is 18.2. The number of hydrogen-bond donors (Lipinski definition) is 0. The fraction of sp³-hybridized carbons (Fsp3) is 0.0968. The zero-order valence-corrected chi connectivity index (χ0v) is 17.5. The minimum Gasteiger partial charge on any atom is -0.0839 e. The van der Waals surface area contributed by atoms with E-state index in [2.05, 4.69) is 121 Å². The predicted molar refractivity (Wildman–Crippen MR) is 130 cm³/mol. The van der Waals surface area contributed by atoms with Crippen molar-refractivity contribution in [1.29, 1.82) is 0 Å². The molecule has 0 saturated carbocycles. The number of fused-ring (bicyclic) bond motifs is 2. The Kier molecular flexibility index (Phi) is 4.25. The SMILES string of the molecule is C1=CC2=C(CC1)c1ccc(-c3ccccc3)cc1C2(c1ccccc1)c1ccccc1. The van der Waals surface area contributed by atoms with Crippen molar-refractivity contribution in [2.45, 2.75) is 18.3 Å². The van der Waals surface area contributed by atoms with Gasteiger partial charge in [0.15, 0.2) is 0 Å². The molecule has 0 atom stereocenters. The van der Waals surface area contributed by atoms with Crippen molar-refractivity contribution in [3.63, 3.8) is 0 Å². The average Bonchev–Trinajstić information content (AvgIpc) is 3.16. The Labute approximate surface area is 184 Å². The maximum Gasteiger partial charge on any atom is 0.0710 e. The van der Waals surface area contributed by atoms with Crippen LogP contribution in [0.15, 0.2) is 127 Å². The largest absolute Gasteiger partial charge is 0.0839 e. The molecular weight excluding hydrogens is 372 g/mol. The van der Waals surface area contributed by atoms with Gasteiger partial charge in [-0.25, -0.2) is 0 Å². The molecule has 148 valence electrons. The summed E-state index contributed by atoms with van der Waals surface area (Å²) in [4.78, 5) is 0. The zero-order valence-electron chi connectivity index (χ0n) is 17.5. The van der Waals surface area contributed by atoms with Gasteiger partial charge in [-0.2, -0.15) is 0 Å². The number of benzene rings is 4. The summed E-state index contributed by atoms with van der Waals surface area (Å²) in [5.41, 5.74) is 10.7. The molecule has 0 aromatic heterocycles. The van der Waals surface area contributed by atoms with Crippen molar-refractivity contribution in [3.05, 3.63) is 149 Å². The van der Waals surface area contributed by atoms with Crippen LogP contribution < -0.4 is 0 Å². The van der Waals surface area contributed by atoms with Crippen molar-refractivity contribution >= 4 is 5.57 Å². The molecule has 0 heterocycles. The Morgan fingerprint density at radius 3 is 1.84 bits per heavy atom. The van der Waals surface area contributed by atoms with Gasteiger partial charge in [0.1, 0.15) is 0 Å². The Balaban J connectivity index is 1.72. The lowest BCUT2D eigenvalue weighted by atomic mass is 9.66. The van der Waals surface area contributed by atoms with Gasteiger partial charge in [-0.1, -0.05) is 115 Å². The van der Waals surface area contributed by atoms with Crippen molar-refractivity contribution in [1.82, 2.24) is 0 Å². The normalized spacial score (nSPS) is 16.1. The molecular formula is C31H24. The molecule has 4 aromatic carbocycles. The van der Waals surface area contributed by atoms with Crippen LogP contribution in [-0.4, -0.2) is 0 Å². The van der Waals surface area contributed by atoms with E-state index in [9.17, 15) is 0 Å². The maximum absolute atomic E-state index is 2.44. The summed E-state index contributed by atoms with van der Waals surface area (Å²) in [6.45, 7) is 0. The molecule has 0 heteroatoms. The molecule has 0 nitrogen and oxygen atoms in total. The third kappa shape index (κ3) is 2.68. The van der Waals surface area contributed by atoms with Gasteiger partial charge in [-0.15, -0.1) is 0 Å². The fourth-order valence-corrected chi connectivity index (χ4v) is 5.53. The second-order valence-electron chi connectivity index (χ2n) is 8.44. The molecule has 0 amide bonds. The van der Waals surface area contributed by atoms with E-state index < -0.39 is 0 Å². The van der Waals surface area contributed by atoms with E-state index >= 15 is 0 Å². The van der Waals surface area contributed by atoms with Gasteiger partial charge in [0.25, 0.3) is 0 Å². The Morgan fingerprint density at radius 2 is 1.19 bits per heavy atom. The molecule has 0 aliphatic heterocycles. The second-order valence-corrected chi connectivity index (χ2v) is 8.44. The standard InChI is InChI=1S/C31H24/c1-4-12-23(13-5-1)24-20-21-28-27-18-10-11-19-29(27)31(30(28)22-24,25-14-6-2-7-15-25)26-16-8-3-9-17-26/h1-9,11-17,19-22H,10,18H2. The van der Waals surface area contributed by atoms with Crippen LogP contribution in [0.3, 0.4) is 0 Å². The number of hydrogen-bond acceptors (Lipinski definition) is 0. The summed E-state index contributed by atoms with van der Waals surface area (Å²) in [6, 6.07) is 39.9. The van der Waals surface area contributed by atoms with Crippen molar-refractivity contribution in [3.8, 4) is 11.1 Å². The Bertz CT molecular complexity index is 1250. The number of allylic oxidation sites excluding steroid dienone is 4. The molecule has 4 aromatic rings. The van der Waals surface area contributed by atoms with Crippen LogP contribution in [0, 0.1) is 0 Å². The molecule has 2 aliphatic rings. The van der Waals surface area contributed by atoms with Gasteiger partial charge in [-0.05, 0) is 63.4 Å². The average molecular weight is 397 g/mol. The lowest BCUT2D eigenvalue weighted by Gasteiger charge is -2.35. The highest BCUT2D eigenvalue weighted by atomic mass is 14.5. The Hall–Kier alpha value is -3.64. The van der Waals surface area contributed by atoms with E-state index in [-0.39, 0.29) is 5.41 Å². The number of rotatable bonds is 3. The third-order valence-electron chi connectivity index (χ3n) is 6.84. The second kappa shape index (κ2) is 7.25. The van der Waals surface area contributed by atoms with Crippen LogP contribution in [0.4, 0.5) is 0 Å². The molecule has 0 fully saturated rings. The van der Waals surface area contributed by atoms with Crippen LogP contribution >= 0.6 is 0 Å². The summed E-state index contributed by atoms with van der Waals surface area (Å²) in [6.07, 6.45) is 6.95. The lowest BCUT2D eigenvalue weighted by molar-refractivity contribution is 0.757. The molecule has 0 saturated heterocycles. The van der Waals surface area contributed by atoms with Crippen LogP contribution in [0.5, 0.6) is 0 Å². The quantitative estimate of drug-likeness (QED) is 0.331. The van der Waals surface area contributed by atoms with Gasteiger partial charge in [0, 0.05) is 0 Å². The fourth-order valence-electron chi connectivity index (χ4n) is 5.53. The van der Waals surface area contributed by atoms with E-state index in [1.165, 1.54) is 44.5 Å². The lowest BCUT2D eigenvalue weighted by Crippen LogP contribution is -2.29. The monoisotopic (exact) mass is 396 g/mol. The first-order chi connectivity index (χ1) is 15.4. The predicted octanol–water partition coefficient (Wildman–Crippen LogP) is 7.81.